The number of aliphatic imine (C=N–C) groups is 2. The number of nitrogens with zero attached hydrogens (tertiary/aromatic N) is 29. The molecule has 42 heteroatoms. The van der Waals surface area contributed by atoms with E-state index in [9.17, 15) is 9.59 Å². The van der Waals surface area contributed by atoms with Crippen molar-refractivity contribution in [2.75, 3.05) is 54.6 Å². The molecule has 668 valence electrons. The molecule has 3 fully saturated rings. The predicted molar refractivity (Wildman–Crippen MR) is 509 cm³/mol. The van der Waals surface area contributed by atoms with Crippen molar-refractivity contribution >= 4 is 170 Å². The molecule has 8 aliphatic heterocycles. The third-order valence-corrected chi connectivity index (χ3v) is 23.4. The van der Waals surface area contributed by atoms with Crippen LogP contribution in [0.4, 0.5) is 28.7 Å². The Morgan fingerprint density at radius 1 is 0.492 bits per heavy atom. The molecule has 130 heavy (non-hydrogen) atoms. The van der Waals surface area contributed by atoms with Crippen LogP contribution < -0.4 is 20.7 Å². The Hall–Kier alpha value is -11.7. The molecule has 22 rings (SSSR count). The number of aromatic nitrogens is 24. The van der Waals surface area contributed by atoms with Crippen LogP contribution in [0, 0.1) is 67.9 Å². The number of nitrogens with one attached hydrogen (secondary N) is 2. The Morgan fingerprint density at radius 3 is 1.62 bits per heavy atom. The fraction of sp³-hybridized carbons (Fsp3) is 0.364. The lowest BCUT2D eigenvalue weighted by molar-refractivity contribution is -0.0372. The topological polar surface area (TPSA) is 441 Å². The van der Waals surface area contributed by atoms with Gasteiger partial charge in [0.15, 0.2) is 95.1 Å². The Balaban J connectivity index is 0.000000122. The number of halogens is 6. The Bertz CT molecular complexity index is 6460. The van der Waals surface area contributed by atoms with Gasteiger partial charge in [-0.15, -0.1) is 10.2 Å². The molecule has 14 aromatic rings. The zero-order valence-electron chi connectivity index (χ0n) is 71.8. The van der Waals surface area contributed by atoms with Crippen LogP contribution in [-0.2, 0) is 46.6 Å². The van der Waals surface area contributed by atoms with E-state index in [1.807, 2.05) is 73.9 Å². The summed E-state index contributed by atoms with van der Waals surface area (Å²) >= 11 is 26.3. The summed E-state index contributed by atoms with van der Waals surface area (Å²) in [4.78, 5) is 109. The summed E-state index contributed by atoms with van der Waals surface area (Å²) in [5, 5.41) is 34.9. The van der Waals surface area contributed by atoms with Crippen LogP contribution in [0.15, 0.2) is 125 Å². The third kappa shape index (κ3) is 24.1. The van der Waals surface area contributed by atoms with E-state index >= 15 is 0 Å². The Morgan fingerprint density at radius 2 is 1.02 bits per heavy atom. The summed E-state index contributed by atoms with van der Waals surface area (Å²) < 4.78 is 25.1. The van der Waals surface area contributed by atoms with Gasteiger partial charge in [-0.05, 0) is 219 Å². The number of aldehydes is 1. The molecule has 21 heterocycles. The maximum atomic E-state index is 11.9. The first-order chi connectivity index (χ1) is 63.2. The number of hydrogen-bond acceptors (Lipinski definition) is 32. The second kappa shape index (κ2) is 45.7. The Kier molecular flexibility index (Phi) is 33.2. The van der Waals surface area contributed by atoms with Crippen LogP contribution in [-0.4, -0.2) is 175 Å². The number of hydrogen-bond donors (Lipinski definition) is 2. The summed E-state index contributed by atoms with van der Waals surface area (Å²) in [5.74, 6) is 1.61. The van der Waals surface area contributed by atoms with Crippen LogP contribution in [0.2, 0.25) is 20.6 Å². The summed E-state index contributed by atoms with van der Waals surface area (Å²) in [6, 6.07) is 20.2. The average Bonchev–Trinajstić information content (AvgIpc) is 1.61. The minimum absolute atomic E-state index is 0.0193. The lowest BCUT2D eigenvalue weighted by atomic mass is 10.0. The number of H-pyrrole nitrogens is 1. The lowest BCUT2D eigenvalue weighted by Gasteiger charge is -2.28. The molecule has 2 N–H and O–H groups in total. The number of para-hydroxylation sites is 1. The number of carbonyl (C=O) groups is 1. The fourth-order valence-electron chi connectivity index (χ4n) is 14.7. The average molecular weight is 2060 g/mol. The zero-order chi connectivity index (χ0) is 91.2. The van der Waals surface area contributed by atoms with Crippen molar-refractivity contribution in [2.45, 2.75) is 170 Å². The number of ether oxygens (including phenoxy) is 3. The van der Waals surface area contributed by atoms with E-state index in [0.717, 1.165) is 220 Å². The van der Waals surface area contributed by atoms with Crippen molar-refractivity contribution < 1.29 is 19.0 Å². The Labute approximate surface area is 794 Å². The molecule has 3 saturated heterocycles. The number of nitriles is 2. The second-order valence-corrected chi connectivity index (χ2v) is 33.9. The highest BCUT2D eigenvalue weighted by molar-refractivity contribution is 14.1. The summed E-state index contributed by atoms with van der Waals surface area (Å²) in [6.45, 7) is 17.9. The molecule has 0 bridgehead atoms. The number of pyridine rings is 2. The van der Waals surface area contributed by atoms with Crippen LogP contribution in [0.3, 0.4) is 0 Å². The number of aromatic amines is 1. The minimum atomic E-state index is -0.235. The van der Waals surface area contributed by atoms with Crippen molar-refractivity contribution in [1.29, 1.82) is 10.5 Å². The van der Waals surface area contributed by atoms with Crippen LogP contribution in [0.5, 0.6) is 0 Å². The minimum Gasteiger partial charge on any atom is -0.385 e. The van der Waals surface area contributed by atoms with Gasteiger partial charge >= 0.3 is 0 Å². The molecule has 8 aliphatic rings. The van der Waals surface area contributed by atoms with Gasteiger partial charge in [-0.2, -0.15) is 15.6 Å². The van der Waals surface area contributed by atoms with Gasteiger partial charge in [-0.1, -0.05) is 64.6 Å². The van der Waals surface area contributed by atoms with E-state index in [4.69, 9.17) is 86.3 Å². The number of anilines is 5. The van der Waals surface area contributed by atoms with Crippen molar-refractivity contribution in [1.82, 2.24) is 119 Å². The molecule has 0 saturated carbocycles. The van der Waals surface area contributed by atoms with Crippen LogP contribution in [0.25, 0.3) is 33.5 Å². The highest BCUT2D eigenvalue weighted by Gasteiger charge is 2.32. The normalized spacial score (nSPS) is 16.4. The number of aryl methyl sites for hydroxylation is 9. The van der Waals surface area contributed by atoms with Gasteiger partial charge in [-0.25, -0.2) is 68.9 Å². The van der Waals surface area contributed by atoms with Gasteiger partial charge in [0.1, 0.15) is 43.6 Å². The zero-order valence-corrected chi connectivity index (χ0v) is 79.2. The largest absolute Gasteiger partial charge is 0.385 e. The lowest BCUT2D eigenvalue weighted by Crippen LogP contribution is -2.26. The highest BCUT2D eigenvalue weighted by Crippen LogP contribution is 2.40. The number of rotatable bonds is 6. The summed E-state index contributed by atoms with van der Waals surface area (Å²) in [6.07, 6.45) is 34.6. The second-order valence-electron chi connectivity index (χ2n) is 30.4. The van der Waals surface area contributed by atoms with E-state index in [-0.39, 0.29) is 61.9 Å². The molecule has 3 unspecified atom stereocenters. The molecule has 13 aromatic heterocycles. The maximum absolute atomic E-state index is 11.9. The molecule has 0 aliphatic carbocycles. The first-order valence-corrected chi connectivity index (χ1v) is 45.8. The van der Waals surface area contributed by atoms with E-state index in [1.54, 1.807) is 49.4 Å². The monoisotopic (exact) mass is 2050 g/mol. The fourth-order valence-corrected chi connectivity index (χ4v) is 16.8. The smallest absolute Gasteiger partial charge is 0.268 e. The van der Waals surface area contributed by atoms with E-state index in [1.165, 1.54) is 55.3 Å². The van der Waals surface area contributed by atoms with Crippen LogP contribution in [0.1, 0.15) is 192 Å². The first-order valence-electron chi connectivity index (χ1n) is 42.1. The molecule has 36 nitrogen and oxygen atoms in total. The van der Waals surface area contributed by atoms with Gasteiger partial charge in [0.2, 0.25) is 0 Å². The van der Waals surface area contributed by atoms with Gasteiger partial charge < -0.3 is 34.3 Å². The predicted octanol–water partition coefficient (Wildman–Crippen LogP) is 16.5. The SMILES string of the molecule is Cc1cnc(C#N)c(Cl)n1.Cc1cnc(C=O)c(Cl)n1.Cc1cnc2c(I)nn(C3CCCCO3)c2n1.Cc1cnc2c(N3CCCc4ncccc43)nn(C3CCCCO3)c2n1.Cc1cnc2c(n1)CN=C2.Cc1cnc2c(n1)CN=C2I.N#Cc1ncc(Cl)nc1Cl.O=c1cnc2c(N3CCCc4ncccc43)nn(C3CCCCO3)c2[nH]1.c1ccc2c(c1)CCCN2. The highest BCUT2D eigenvalue weighted by atomic mass is 127. The van der Waals surface area contributed by atoms with Crippen molar-refractivity contribution in [2.24, 2.45) is 9.98 Å². The van der Waals surface area contributed by atoms with Crippen molar-refractivity contribution in [3.8, 4) is 12.1 Å². The standard InChI is InChI=1S/C19H22N6O.C18H20N6O2.C11H13IN4O.C9H11N.C7H6IN3.C7H7N3.C6H4ClN3.C6H5ClN2O.C5HCl2N3/c1-13-12-21-17-18(22-13)25(16-8-2-3-11-26-16)23-19(17)24-10-5-6-14-15(24)7-4-9-20-14;25-14-11-20-16-17(21-14)24(15-7-1-2-10-26-15)22-18(16)23-9-4-5-12-13(23)6-3-8-19-12;1-7-6-13-9-10(12)15-16(11(9)14-7)8-4-2-3-5-17-8;1-2-6-9-8(4-1)5-3-7-10-9;1-4-2-9-6-5(11-4)3-10-7(6)8;1-5-2-9-6-3-8-4-7(6)10-5;1-4-3-9-5(2-8)6(7)10-4;1-4-2-8-5(3-10)6(7)9-4;6-4-2-9-3(1-8)5(7)10-4/h4,7,9,12,16H,2-3,5-6,8,10-11H2,1H3;3,6,8,11,15H,1-2,4-5,7,9-10H2,(H,21,25);6,8H,2-5H2,1H3;1-2,4,6,10H,3,5,7H2;2H,3H2,1H3;2-3H,4H2,1H3;3H,1H3;2-3H,1H3;2H. The summed E-state index contributed by atoms with van der Waals surface area (Å²) in [5.41, 5.74) is 21.1. The molecule has 3 atom stereocenters. The van der Waals surface area contributed by atoms with Gasteiger partial charge in [0.25, 0.3) is 5.56 Å². The molecule has 0 spiro atoms. The molecular weight excluding hydrogens is 1970 g/mol. The van der Waals surface area contributed by atoms with Gasteiger partial charge in [0, 0.05) is 101 Å². The maximum Gasteiger partial charge on any atom is 0.268 e. The molecule has 1 aromatic carbocycles. The summed E-state index contributed by atoms with van der Waals surface area (Å²) in [7, 11) is 0. The number of benzene rings is 1. The number of carbonyl (C=O) groups excluding carboxylic acids is 1. The number of fused-ring (bicyclic) bond motifs is 8. The third-order valence-electron chi connectivity index (χ3n) is 20.8. The van der Waals surface area contributed by atoms with Crippen LogP contribution >= 0.6 is 91.6 Å². The quantitative estimate of drug-likeness (QED) is 0.115. The molecule has 0 radical (unpaired) electrons. The van der Waals surface area contributed by atoms with Crippen molar-refractivity contribution in [3.05, 3.63) is 236 Å². The van der Waals surface area contributed by atoms with Gasteiger partial charge in [-0.3, -0.25) is 49.5 Å². The van der Waals surface area contributed by atoms with Gasteiger partial charge in [0.05, 0.1) is 93.8 Å². The van der Waals surface area contributed by atoms with E-state index < -0.39 is 0 Å². The van der Waals surface area contributed by atoms with Crippen molar-refractivity contribution in [3.63, 3.8) is 0 Å². The first kappa shape index (κ1) is 94.4. The van der Waals surface area contributed by atoms with E-state index in [0.29, 0.717) is 48.5 Å². The van der Waals surface area contributed by atoms with E-state index in [2.05, 4.69) is 197 Å². The molecular formula is C88H89Cl4I2N31O5. The molecule has 0 amide bonds.